The number of amides is 1. The Kier molecular flexibility index (Phi) is 1.59. The zero-order valence-electron chi connectivity index (χ0n) is 9.75. The van der Waals surface area contributed by atoms with Crippen LogP contribution in [-0.2, 0) is 10.2 Å². The van der Waals surface area contributed by atoms with E-state index in [0.717, 1.165) is 30.6 Å². The highest BCUT2D eigenvalue weighted by atomic mass is 16.2. The third-order valence-corrected chi connectivity index (χ3v) is 4.60. The van der Waals surface area contributed by atoms with Crippen LogP contribution in [0.15, 0.2) is 12.1 Å². The van der Waals surface area contributed by atoms with E-state index in [0.29, 0.717) is 5.92 Å². The number of nitrogens with one attached hydrogen (secondary N) is 1. The molecular formula is C14H16N2O. The molecule has 2 aliphatic carbocycles. The van der Waals surface area contributed by atoms with Crippen molar-refractivity contribution in [3.63, 3.8) is 0 Å². The summed E-state index contributed by atoms with van der Waals surface area (Å²) in [6.45, 7) is 0. The number of fused-ring (bicyclic) bond motifs is 2. The van der Waals surface area contributed by atoms with Crippen LogP contribution in [0, 0.1) is 0 Å². The van der Waals surface area contributed by atoms with E-state index in [2.05, 4.69) is 11.4 Å². The van der Waals surface area contributed by atoms with E-state index < -0.39 is 0 Å². The molecule has 2 saturated carbocycles. The van der Waals surface area contributed by atoms with E-state index in [-0.39, 0.29) is 11.3 Å². The molecule has 1 amide bonds. The fourth-order valence-corrected chi connectivity index (χ4v) is 3.30. The molecule has 0 aromatic heterocycles. The molecule has 1 spiro atoms. The second kappa shape index (κ2) is 2.84. The molecule has 2 fully saturated rings. The molecule has 88 valence electrons. The lowest BCUT2D eigenvalue weighted by molar-refractivity contribution is -0.123. The number of carbonyl (C=O) groups excluding carboxylic acids is 1. The van der Waals surface area contributed by atoms with Crippen LogP contribution in [0.2, 0.25) is 0 Å². The van der Waals surface area contributed by atoms with Crippen LogP contribution in [0.4, 0.5) is 11.4 Å². The molecule has 3 nitrogen and oxygen atoms in total. The van der Waals surface area contributed by atoms with Gasteiger partial charge in [-0.3, -0.25) is 4.79 Å². The van der Waals surface area contributed by atoms with Gasteiger partial charge in [0.2, 0.25) is 5.91 Å². The highest BCUT2D eigenvalue weighted by molar-refractivity contribution is 6.08. The molecule has 0 unspecified atom stereocenters. The molecule has 4 rings (SSSR count). The summed E-state index contributed by atoms with van der Waals surface area (Å²) in [7, 11) is 0. The van der Waals surface area contributed by atoms with Crippen molar-refractivity contribution in [1.82, 2.24) is 0 Å². The molecule has 3 N–H and O–H groups in total. The fraction of sp³-hybridized carbons (Fsp3) is 0.500. The summed E-state index contributed by atoms with van der Waals surface area (Å²) >= 11 is 0. The van der Waals surface area contributed by atoms with Crippen molar-refractivity contribution in [2.45, 2.75) is 43.4 Å². The maximum absolute atomic E-state index is 12.2. The molecule has 3 aliphatic rings. The molecule has 1 aromatic rings. The number of hydrogen-bond donors (Lipinski definition) is 2. The topological polar surface area (TPSA) is 55.1 Å². The monoisotopic (exact) mass is 228 g/mol. The van der Waals surface area contributed by atoms with Gasteiger partial charge in [0, 0.05) is 11.4 Å². The first-order chi connectivity index (χ1) is 8.21. The molecule has 0 atom stereocenters. The van der Waals surface area contributed by atoms with E-state index >= 15 is 0 Å². The van der Waals surface area contributed by atoms with Crippen molar-refractivity contribution in [3.05, 3.63) is 23.3 Å². The second-order valence-electron chi connectivity index (χ2n) is 5.70. The lowest BCUT2D eigenvalue weighted by atomic mass is 9.65. The molecular weight excluding hydrogens is 212 g/mol. The highest BCUT2D eigenvalue weighted by Crippen LogP contribution is 2.55. The van der Waals surface area contributed by atoms with Gasteiger partial charge in [-0.25, -0.2) is 0 Å². The minimum Gasteiger partial charge on any atom is -0.399 e. The summed E-state index contributed by atoms with van der Waals surface area (Å²) < 4.78 is 0. The van der Waals surface area contributed by atoms with Crippen LogP contribution in [-0.4, -0.2) is 5.91 Å². The summed E-state index contributed by atoms with van der Waals surface area (Å²) in [4.78, 5) is 12.2. The molecule has 3 heteroatoms. The molecule has 1 heterocycles. The van der Waals surface area contributed by atoms with E-state index in [4.69, 9.17) is 5.73 Å². The number of nitrogen functional groups attached to an aromatic ring is 1. The van der Waals surface area contributed by atoms with Crippen LogP contribution < -0.4 is 11.1 Å². The quantitative estimate of drug-likeness (QED) is 0.726. The van der Waals surface area contributed by atoms with Crippen molar-refractivity contribution in [3.8, 4) is 0 Å². The Bertz CT molecular complexity index is 527. The van der Waals surface area contributed by atoms with Crippen molar-refractivity contribution in [2.75, 3.05) is 11.1 Å². The predicted octanol–water partition coefficient (Wildman–Crippen LogP) is 2.52. The molecule has 0 bridgehead atoms. The molecule has 1 aliphatic heterocycles. The van der Waals surface area contributed by atoms with Gasteiger partial charge in [0.1, 0.15) is 0 Å². The predicted molar refractivity (Wildman–Crippen MR) is 67.0 cm³/mol. The first-order valence-electron chi connectivity index (χ1n) is 6.46. The zero-order chi connectivity index (χ0) is 11.6. The van der Waals surface area contributed by atoms with Gasteiger partial charge in [-0.05, 0) is 54.9 Å². The Morgan fingerprint density at radius 2 is 2.06 bits per heavy atom. The molecule has 1 aromatic carbocycles. The average molecular weight is 228 g/mol. The third-order valence-electron chi connectivity index (χ3n) is 4.60. The number of nitrogens with two attached hydrogens (primary N) is 1. The largest absolute Gasteiger partial charge is 0.399 e. The van der Waals surface area contributed by atoms with Gasteiger partial charge in [0.15, 0.2) is 0 Å². The van der Waals surface area contributed by atoms with Crippen molar-refractivity contribution in [1.29, 1.82) is 0 Å². The lowest BCUT2D eigenvalue weighted by Gasteiger charge is -2.36. The number of anilines is 2. The normalized spacial score (nSPS) is 24.4. The number of benzene rings is 1. The fourth-order valence-electron chi connectivity index (χ4n) is 3.30. The SMILES string of the molecule is Nc1cc(C2CC2)c2c(c1)C1(CCC1)C(=O)N2. The Hall–Kier alpha value is -1.51. The first kappa shape index (κ1) is 9.51. The first-order valence-corrected chi connectivity index (χ1v) is 6.46. The number of carbonyl (C=O) groups is 1. The number of rotatable bonds is 1. The van der Waals surface area contributed by atoms with Crippen LogP contribution in [0.3, 0.4) is 0 Å². The van der Waals surface area contributed by atoms with Gasteiger partial charge in [0.05, 0.1) is 5.41 Å². The molecule has 0 radical (unpaired) electrons. The zero-order valence-corrected chi connectivity index (χ0v) is 9.75. The molecule has 0 saturated heterocycles. The minimum atomic E-state index is -0.228. The second-order valence-corrected chi connectivity index (χ2v) is 5.70. The van der Waals surface area contributed by atoms with Crippen LogP contribution in [0.1, 0.15) is 49.1 Å². The van der Waals surface area contributed by atoms with Crippen LogP contribution in [0.25, 0.3) is 0 Å². The molecule has 17 heavy (non-hydrogen) atoms. The smallest absolute Gasteiger partial charge is 0.235 e. The van der Waals surface area contributed by atoms with Crippen LogP contribution in [0.5, 0.6) is 0 Å². The minimum absolute atomic E-state index is 0.200. The summed E-state index contributed by atoms with van der Waals surface area (Å²) in [6, 6.07) is 4.06. The maximum atomic E-state index is 12.2. The van der Waals surface area contributed by atoms with Crippen molar-refractivity contribution in [2.24, 2.45) is 0 Å². The van der Waals surface area contributed by atoms with Gasteiger partial charge >= 0.3 is 0 Å². The Labute approximate surface area is 100 Å². The Morgan fingerprint density at radius 1 is 1.29 bits per heavy atom. The Balaban J connectivity index is 1.94. The van der Waals surface area contributed by atoms with Crippen molar-refractivity contribution >= 4 is 17.3 Å². The summed E-state index contributed by atoms with van der Waals surface area (Å²) in [5.41, 5.74) is 10.1. The van der Waals surface area contributed by atoms with E-state index in [1.807, 2.05) is 6.07 Å². The van der Waals surface area contributed by atoms with E-state index in [1.54, 1.807) is 0 Å². The Morgan fingerprint density at radius 3 is 2.65 bits per heavy atom. The van der Waals surface area contributed by atoms with E-state index in [9.17, 15) is 4.79 Å². The highest BCUT2D eigenvalue weighted by Gasteiger charge is 2.52. The standard InChI is InChI=1S/C14H16N2O/c15-9-6-10(8-2-3-8)12-11(7-9)14(4-1-5-14)13(17)16-12/h6-8H,1-5,15H2,(H,16,17). The van der Waals surface area contributed by atoms with Crippen molar-refractivity contribution < 1.29 is 4.79 Å². The van der Waals surface area contributed by atoms with E-state index in [1.165, 1.54) is 24.0 Å². The number of hydrogen-bond acceptors (Lipinski definition) is 2. The summed E-state index contributed by atoms with van der Waals surface area (Å²) in [6.07, 6.45) is 5.59. The third kappa shape index (κ3) is 1.09. The average Bonchev–Trinajstić information content (AvgIpc) is 2.99. The lowest BCUT2D eigenvalue weighted by Crippen LogP contribution is -2.40. The van der Waals surface area contributed by atoms with Gasteiger partial charge in [-0.15, -0.1) is 0 Å². The van der Waals surface area contributed by atoms with Crippen LogP contribution >= 0.6 is 0 Å². The van der Waals surface area contributed by atoms with Gasteiger partial charge in [-0.1, -0.05) is 6.42 Å². The van der Waals surface area contributed by atoms with Gasteiger partial charge < -0.3 is 11.1 Å². The maximum Gasteiger partial charge on any atom is 0.235 e. The summed E-state index contributed by atoms with van der Waals surface area (Å²) in [5, 5.41) is 3.11. The summed E-state index contributed by atoms with van der Waals surface area (Å²) in [5.74, 6) is 0.828. The van der Waals surface area contributed by atoms with Gasteiger partial charge in [0.25, 0.3) is 0 Å². The van der Waals surface area contributed by atoms with Gasteiger partial charge in [-0.2, -0.15) is 0 Å².